The number of hydrogen-bond acceptors (Lipinski definition) is 7. The smallest absolute Gasteiger partial charge is 0.311 e. The Kier molecular flexibility index (Phi) is 8.64. The van der Waals surface area contributed by atoms with Crippen molar-refractivity contribution in [2.24, 2.45) is 0 Å². The average Bonchev–Trinajstić information content (AvgIpc) is 2.95. The topological polar surface area (TPSA) is 116 Å². The predicted octanol–water partition coefficient (Wildman–Crippen LogP) is 7.76. The zero-order chi connectivity index (χ0) is 29.1. The molecule has 0 spiro atoms. The molecule has 0 aromatic heterocycles. The van der Waals surface area contributed by atoms with E-state index >= 15 is 0 Å². The van der Waals surface area contributed by atoms with Crippen molar-refractivity contribution < 1.29 is 22.9 Å². The van der Waals surface area contributed by atoms with E-state index in [0.717, 1.165) is 17.3 Å². The first-order valence-electron chi connectivity index (χ1n) is 12.1. The SMILES string of the molecule is O=C1Nc2cc(S(=O)(=O)Cc3c(Br)cccc3Br)ccc2S/C1=C/c1ccc(OCc2ccccc2)c([N+](=O)[O-])c1. The Morgan fingerprint density at radius 2 is 1.68 bits per heavy atom. The molecule has 0 atom stereocenters. The second-order valence-electron chi connectivity index (χ2n) is 8.94. The van der Waals surface area contributed by atoms with Gasteiger partial charge in [-0.25, -0.2) is 8.42 Å². The van der Waals surface area contributed by atoms with E-state index in [-0.39, 0.29) is 28.7 Å². The molecular formula is C29H20Br2N2O6S2. The van der Waals surface area contributed by atoms with Crippen molar-refractivity contribution in [3.63, 3.8) is 0 Å². The molecule has 0 radical (unpaired) electrons. The van der Waals surface area contributed by atoms with E-state index in [9.17, 15) is 23.3 Å². The standard InChI is InChI=1S/C29H20Br2N2O6S2/c30-22-7-4-8-23(31)21(22)17-41(37,38)20-10-12-27-24(15-20)32-29(34)28(40-27)14-19-9-11-26(25(13-19)33(35)36)39-16-18-5-2-1-3-6-18/h1-15H,16-17H2,(H,32,34)/b28-14+. The molecule has 12 heteroatoms. The van der Waals surface area contributed by atoms with Crippen molar-refractivity contribution >= 4 is 76.8 Å². The summed E-state index contributed by atoms with van der Waals surface area (Å²) in [5.41, 5.74) is 2.07. The number of hydrogen-bond donors (Lipinski definition) is 1. The molecule has 1 heterocycles. The first kappa shape index (κ1) is 29.1. The number of rotatable bonds is 8. The molecule has 0 unspecified atom stereocenters. The second kappa shape index (κ2) is 12.2. The summed E-state index contributed by atoms with van der Waals surface area (Å²) in [6, 6.07) is 23.7. The van der Waals surface area contributed by atoms with Crippen LogP contribution in [0.1, 0.15) is 16.7 Å². The van der Waals surface area contributed by atoms with Crippen molar-refractivity contribution in [2.45, 2.75) is 22.2 Å². The number of carbonyl (C=O) groups excluding carboxylic acids is 1. The van der Waals surface area contributed by atoms with Gasteiger partial charge in [0.15, 0.2) is 15.6 Å². The highest BCUT2D eigenvalue weighted by atomic mass is 79.9. The van der Waals surface area contributed by atoms with E-state index < -0.39 is 20.7 Å². The van der Waals surface area contributed by atoms with Gasteiger partial charge < -0.3 is 10.1 Å². The van der Waals surface area contributed by atoms with E-state index in [2.05, 4.69) is 37.2 Å². The van der Waals surface area contributed by atoms with Crippen LogP contribution in [-0.2, 0) is 27.0 Å². The molecule has 1 aliphatic rings. The average molecular weight is 716 g/mol. The van der Waals surface area contributed by atoms with E-state index in [1.54, 1.807) is 36.4 Å². The molecule has 5 rings (SSSR count). The maximum Gasteiger partial charge on any atom is 0.311 e. The van der Waals surface area contributed by atoms with Crippen LogP contribution in [0.5, 0.6) is 5.75 Å². The molecule has 0 aliphatic carbocycles. The summed E-state index contributed by atoms with van der Waals surface area (Å²) < 4.78 is 33.4. The highest BCUT2D eigenvalue weighted by molar-refractivity contribution is 9.11. The Morgan fingerprint density at radius 3 is 2.39 bits per heavy atom. The summed E-state index contributed by atoms with van der Waals surface area (Å²) in [6.07, 6.45) is 1.55. The normalized spacial score (nSPS) is 13.9. The minimum Gasteiger partial charge on any atom is -0.482 e. The van der Waals surface area contributed by atoms with Crippen LogP contribution in [0, 0.1) is 10.1 Å². The number of anilines is 1. The number of ether oxygens (including phenoxy) is 1. The first-order chi connectivity index (χ1) is 19.6. The number of nitro groups is 1. The Labute approximate surface area is 257 Å². The lowest BCUT2D eigenvalue weighted by molar-refractivity contribution is -0.386. The van der Waals surface area contributed by atoms with Crippen molar-refractivity contribution in [3.05, 3.63) is 126 Å². The van der Waals surface area contributed by atoms with Gasteiger partial charge in [0.2, 0.25) is 0 Å². The third kappa shape index (κ3) is 6.72. The highest BCUT2D eigenvalue weighted by Gasteiger charge is 2.26. The van der Waals surface area contributed by atoms with Crippen molar-refractivity contribution in [2.75, 3.05) is 5.32 Å². The van der Waals surface area contributed by atoms with E-state index in [1.165, 1.54) is 24.3 Å². The zero-order valence-electron chi connectivity index (χ0n) is 21.0. The second-order valence-corrected chi connectivity index (χ2v) is 13.7. The molecule has 8 nitrogen and oxygen atoms in total. The van der Waals surface area contributed by atoms with Crippen LogP contribution in [0.3, 0.4) is 0 Å². The van der Waals surface area contributed by atoms with Gasteiger partial charge in [-0.2, -0.15) is 0 Å². The molecule has 1 N–H and O–H groups in total. The van der Waals surface area contributed by atoms with Gasteiger partial charge in [-0.05, 0) is 59.2 Å². The quantitative estimate of drug-likeness (QED) is 0.113. The third-order valence-electron chi connectivity index (χ3n) is 6.11. The Bertz CT molecular complexity index is 1790. The highest BCUT2D eigenvalue weighted by Crippen LogP contribution is 2.41. The van der Waals surface area contributed by atoms with Crippen LogP contribution < -0.4 is 10.1 Å². The zero-order valence-corrected chi connectivity index (χ0v) is 25.8. The van der Waals surface area contributed by atoms with Crippen LogP contribution in [0.2, 0.25) is 0 Å². The molecule has 0 saturated heterocycles. The number of nitrogens with one attached hydrogen (secondary N) is 1. The van der Waals surface area contributed by atoms with Crippen LogP contribution in [0.4, 0.5) is 11.4 Å². The van der Waals surface area contributed by atoms with Crippen LogP contribution >= 0.6 is 43.6 Å². The van der Waals surface area contributed by atoms with Gasteiger partial charge in [-0.1, -0.05) is 86.1 Å². The molecule has 4 aromatic carbocycles. The minimum absolute atomic E-state index is 0.0777. The fourth-order valence-electron chi connectivity index (χ4n) is 4.05. The van der Waals surface area contributed by atoms with Crippen LogP contribution in [-0.4, -0.2) is 19.2 Å². The Balaban J connectivity index is 1.36. The molecule has 1 amide bonds. The molecule has 0 bridgehead atoms. The fraction of sp³-hybridized carbons (Fsp3) is 0.0690. The predicted molar refractivity (Wildman–Crippen MR) is 166 cm³/mol. The number of nitrogens with zero attached hydrogens (tertiary/aromatic N) is 1. The molecule has 4 aromatic rings. The summed E-state index contributed by atoms with van der Waals surface area (Å²) >= 11 is 7.96. The number of fused-ring (bicyclic) bond motifs is 1. The van der Waals surface area contributed by atoms with Gasteiger partial charge in [0.05, 0.1) is 26.2 Å². The maximum atomic E-state index is 13.2. The van der Waals surface area contributed by atoms with Crippen molar-refractivity contribution in [1.29, 1.82) is 0 Å². The largest absolute Gasteiger partial charge is 0.482 e. The fourth-order valence-corrected chi connectivity index (χ4v) is 8.06. The van der Waals surface area contributed by atoms with Crippen LogP contribution in [0.15, 0.2) is 109 Å². The van der Waals surface area contributed by atoms with Gasteiger partial charge in [0.1, 0.15) is 6.61 Å². The van der Waals surface area contributed by atoms with Crippen molar-refractivity contribution in [1.82, 2.24) is 0 Å². The van der Waals surface area contributed by atoms with Crippen molar-refractivity contribution in [3.8, 4) is 5.75 Å². The first-order valence-corrected chi connectivity index (χ1v) is 16.1. The summed E-state index contributed by atoms with van der Waals surface area (Å²) in [6.45, 7) is 0.175. The third-order valence-corrected chi connectivity index (χ3v) is 10.3. The lowest BCUT2D eigenvalue weighted by Crippen LogP contribution is -2.18. The maximum absolute atomic E-state index is 13.2. The Morgan fingerprint density at radius 1 is 0.951 bits per heavy atom. The van der Waals surface area contributed by atoms with E-state index in [0.29, 0.717) is 35.6 Å². The number of nitro benzene ring substituents is 1. The Hall–Kier alpha value is -3.45. The minimum atomic E-state index is -3.72. The lowest BCUT2D eigenvalue weighted by Gasteiger charge is -2.20. The van der Waals surface area contributed by atoms with Gasteiger partial charge in [-0.15, -0.1) is 0 Å². The molecule has 208 valence electrons. The number of carbonyl (C=O) groups is 1. The summed E-state index contributed by atoms with van der Waals surface area (Å²) in [4.78, 5) is 25.2. The van der Waals surface area contributed by atoms with E-state index in [1.807, 2.05) is 30.3 Å². The van der Waals surface area contributed by atoms with Gasteiger partial charge >= 0.3 is 5.69 Å². The number of sulfone groups is 1. The molecule has 0 fully saturated rings. The molecular weight excluding hydrogens is 696 g/mol. The van der Waals surface area contributed by atoms with Crippen LogP contribution in [0.25, 0.3) is 6.08 Å². The summed E-state index contributed by atoms with van der Waals surface area (Å²) in [7, 11) is -3.72. The van der Waals surface area contributed by atoms with E-state index in [4.69, 9.17) is 4.74 Å². The number of amides is 1. The molecule has 0 saturated carbocycles. The number of thioether (sulfide) groups is 1. The van der Waals surface area contributed by atoms with Gasteiger partial charge in [0, 0.05) is 19.9 Å². The summed E-state index contributed by atoms with van der Waals surface area (Å²) in [5.74, 6) is -0.558. The number of benzene rings is 4. The molecule has 1 aliphatic heterocycles. The monoisotopic (exact) mass is 714 g/mol. The number of halogens is 2. The summed E-state index contributed by atoms with van der Waals surface area (Å²) in [5, 5.41) is 14.5. The van der Waals surface area contributed by atoms with Gasteiger partial charge in [-0.3, -0.25) is 14.9 Å². The van der Waals surface area contributed by atoms with Gasteiger partial charge in [0.25, 0.3) is 5.91 Å². The molecule has 41 heavy (non-hydrogen) atoms. The lowest BCUT2D eigenvalue weighted by atomic mass is 10.1.